The monoisotopic (exact) mass is 185 g/mol. The van der Waals surface area contributed by atoms with E-state index in [9.17, 15) is 9.59 Å². The molecule has 1 amide bonds. The maximum Gasteiger partial charge on any atom is 0.407 e. The summed E-state index contributed by atoms with van der Waals surface area (Å²) in [6.07, 6.45) is 1.93. The van der Waals surface area contributed by atoms with E-state index < -0.39 is 18.2 Å². The highest BCUT2D eigenvalue weighted by molar-refractivity contribution is 5.67. The van der Waals surface area contributed by atoms with Crippen LogP contribution in [0.5, 0.6) is 0 Å². The summed E-state index contributed by atoms with van der Waals surface area (Å²) >= 11 is 0. The van der Waals surface area contributed by atoms with Gasteiger partial charge in [-0.15, -0.1) is 0 Å². The molecular weight excluding hydrogens is 174 g/mol. The average Bonchev–Trinajstić information content (AvgIpc) is 2.03. The van der Waals surface area contributed by atoms with E-state index >= 15 is 0 Å². The predicted octanol–water partition coefficient (Wildman–Crippen LogP) is 0.468. The molecule has 13 heavy (non-hydrogen) atoms. The normalized spacial score (nSPS) is 21.3. The van der Waals surface area contributed by atoms with Crippen LogP contribution in [0.1, 0.15) is 6.92 Å². The second-order valence-electron chi connectivity index (χ2n) is 2.76. The molecule has 0 aromatic rings. The number of hydrogen-bond donors (Lipinski definition) is 1. The number of rotatable bonds is 1. The average molecular weight is 185 g/mol. The van der Waals surface area contributed by atoms with E-state index in [0.717, 1.165) is 0 Å². The largest absolute Gasteiger partial charge is 0.465 e. The van der Waals surface area contributed by atoms with Crippen molar-refractivity contribution in [2.45, 2.75) is 13.0 Å². The van der Waals surface area contributed by atoms with Crippen molar-refractivity contribution in [3.8, 4) is 0 Å². The van der Waals surface area contributed by atoms with Crippen LogP contribution in [0.3, 0.4) is 0 Å². The Morgan fingerprint density at radius 1 is 1.62 bits per heavy atom. The SMILES string of the molecule is CC(=O)OC1C=CCN(C(=O)O)C1. The number of nitrogens with zero attached hydrogens (tertiary/aromatic N) is 1. The summed E-state index contributed by atoms with van der Waals surface area (Å²) in [5.74, 6) is -0.401. The van der Waals surface area contributed by atoms with Crippen LogP contribution in [0.4, 0.5) is 4.79 Å². The van der Waals surface area contributed by atoms with Crippen molar-refractivity contribution >= 4 is 12.1 Å². The van der Waals surface area contributed by atoms with Gasteiger partial charge in [0, 0.05) is 13.5 Å². The Kier molecular flexibility index (Phi) is 2.89. The molecule has 0 radical (unpaired) electrons. The lowest BCUT2D eigenvalue weighted by atomic mass is 10.2. The first-order valence-corrected chi connectivity index (χ1v) is 3.91. The molecule has 0 bridgehead atoms. The van der Waals surface area contributed by atoms with Crippen LogP contribution >= 0.6 is 0 Å². The molecule has 1 unspecified atom stereocenters. The van der Waals surface area contributed by atoms with Crippen molar-refractivity contribution in [1.82, 2.24) is 4.90 Å². The molecule has 0 spiro atoms. The summed E-state index contributed by atoms with van der Waals surface area (Å²) in [5.41, 5.74) is 0. The van der Waals surface area contributed by atoms with Gasteiger partial charge in [-0.05, 0) is 6.08 Å². The van der Waals surface area contributed by atoms with Crippen LogP contribution in [-0.4, -0.2) is 41.3 Å². The minimum atomic E-state index is -0.999. The molecule has 0 aromatic carbocycles. The van der Waals surface area contributed by atoms with Gasteiger partial charge in [-0.1, -0.05) is 6.08 Å². The highest BCUT2D eigenvalue weighted by Gasteiger charge is 2.20. The fraction of sp³-hybridized carbons (Fsp3) is 0.500. The molecular formula is C8H11NO4. The Hall–Kier alpha value is -1.52. The summed E-state index contributed by atoms with van der Waals surface area (Å²) in [6.45, 7) is 1.87. The number of carboxylic acid groups (broad SMARTS) is 1. The van der Waals surface area contributed by atoms with Gasteiger partial charge in [0.05, 0.1) is 6.54 Å². The lowest BCUT2D eigenvalue weighted by Crippen LogP contribution is -2.40. The minimum absolute atomic E-state index is 0.214. The van der Waals surface area contributed by atoms with Crippen LogP contribution in [0.25, 0.3) is 0 Å². The number of esters is 1. The minimum Gasteiger partial charge on any atom is -0.465 e. The van der Waals surface area contributed by atoms with Crippen molar-refractivity contribution in [3.05, 3.63) is 12.2 Å². The third kappa shape index (κ3) is 2.77. The molecule has 0 aliphatic carbocycles. The van der Waals surface area contributed by atoms with Gasteiger partial charge < -0.3 is 14.7 Å². The van der Waals surface area contributed by atoms with E-state index in [2.05, 4.69) is 0 Å². The lowest BCUT2D eigenvalue weighted by molar-refractivity contribution is -0.144. The summed E-state index contributed by atoms with van der Waals surface area (Å²) in [7, 11) is 0. The van der Waals surface area contributed by atoms with Gasteiger partial charge in [0.2, 0.25) is 0 Å². The molecule has 1 aliphatic heterocycles. The van der Waals surface area contributed by atoms with E-state index in [4.69, 9.17) is 9.84 Å². The van der Waals surface area contributed by atoms with Crippen molar-refractivity contribution in [1.29, 1.82) is 0 Å². The van der Waals surface area contributed by atoms with Gasteiger partial charge in [0.25, 0.3) is 0 Å². The van der Waals surface area contributed by atoms with E-state index in [1.807, 2.05) is 0 Å². The highest BCUT2D eigenvalue weighted by atomic mass is 16.5. The third-order valence-electron chi connectivity index (χ3n) is 1.66. The zero-order valence-corrected chi connectivity index (χ0v) is 7.27. The van der Waals surface area contributed by atoms with E-state index in [-0.39, 0.29) is 6.54 Å². The fourth-order valence-corrected chi connectivity index (χ4v) is 1.14. The van der Waals surface area contributed by atoms with Crippen LogP contribution in [0.2, 0.25) is 0 Å². The Morgan fingerprint density at radius 3 is 2.85 bits per heavy atom. The second-order valence-corrected chi connectivity index (χ2v) is 2.76. The first-order valence-electron chi connectivity index (χ1n) is 3.91. The van der Waals surface area contributed by atoms with E-state index in [1.54, 1.807) is 12.2 Å². The molecule has 0 saturated heterocycles. The highest BCUT2D eigenvalue weighted by Crippen LogP contribution is 2.06. The summed E-state index contributed by atoms with van der Waals surface area (Å²) in [5, 5.41) is 8.64. The van der Waals surface area contributed by atoms with Crippen molar-refractivity contribution < 1.29 is 19.4 Å². The molecule has 1 atom stereocenters. The second kappa shape index (κ2) is 3.93. The van der Waals surface area contributed by atoms with Crippen LogP contribution < -0.4 is 0 Å². The first kappa shape index (κ1) is 9.57. The summed E-state index contributed by atoms with van der Waals surface area (Å²) < 4.78 is 4.84. The van der Waals surface area contributed by atoms with Crippen molar-refractivity contribution in [2.75, 3.05) is 13.1 Å². The first-order chi connectivity index (χ1) is 6.09. The van der Waals surface area contributed by atoms with E-state index in [0.29, 0.717) is 6.54 Å². The molecule has 0 aromatic heterocycles. The molecule has 1 N–H and O–H groups in total. The molecule has 1 aliphatic rings. The van der Waals surface area contributed by atoms with Crippen LogP contribution in [0.15, 0.2) is 12.2 Å². The number of carbonyl (C=O) groups is 2. The van der Waals surface area contributed by atoms with Crippen molar-refractivity contribution in [2.24, 2.45) is 0 Å². The number of carbonyl (C=O) groups excluding carboxylic acids is 1. The smallest absolute Gasteiger partial charge is 0.407 e. The number of amides is 1. The van der Waals surface area contributed by atoms with Crippen molar-refractivity contribution in [3.63, 3.8) is 0 Å². The van der Waals surface area contributed by atoms with Gasteiger partial charge in [0.15, 0.2) is 0 Å². The van der Waals surface area contributed by atoms with Gasteiger partial charge in [-0.25, -0.2) is 4.79 Å². The standard InChI is InChI=1S/C8H11NO4/c1-6(10)13-7-3-2-4-9(5-7)8(11)12/h2-3,7H,4-5H2,1H3,(H,11,12). The number of hydrogen-bond acceptors (Lipinski definition) is 3. The maximum atomic E-state index is 10.6. The third-order valence-corrected chi connectivity index (χ3v) is 1.66. The number of ether oxygens (including phenoxy) is 1. The Bertz CT molecular complexity index is 249. The zero-order chi connectivity index (χ0) is 9.84. The molecule has 1 heterocycles. The summed E-state index contributed by atoms with van der Waals surface area (Å²) in [6, 6.07) is 0. The van der Waals surface area contributed by atoms with E-state index in [1.165, 1.54) is 11.8 Å². The molecule has 0 fully saturated rings. The summed E-state index contributed by atoms with van der Waals surface area (Å²) in [4.78, 5) is 22.3. The molecule has 1 rings (SSSR count). The van der Waals surface area contributed by atoms with Gasteiger partial charge in [-0.3, -0.25) is 4.79 Å². The van der Waals surface area contributed by atoms with Gasteiger partial charge >= 0.3 is 12.1 Å². The van der Waals surface area contributed by atoms with Crippen LogP contribution in [0, 0.1) is 0 Å². The predicted molar refractivity (Wildman–Crippen MR) is 44.3 cm³/mol. The maximum absolute atomic E-state index is 10.6. The van der Waals surface area contributed by atoms with Gasteiger partial charge in [0.1, 0.15) is 6.10 Å². The Balaban J connectivity index is 2.51. The zero-order valence-electron chi connectivity index (χ0n) is 7.27. The fourth-order valence-electron chi connectivity index (χ4n) is 1.14. The van der Waals surface area contributed by atoms with Crippen LogP contribution in [-0.2, 0) is 9.53 Å². The lowest BCUT2D eigenvalue weighted by Gasteiger charge is -2.25. The van der Waals surface area contributed by atoms with Gasteiger partial charge in [-0.2, -0.15) is 0 Å². The Labute approximate surface area is 75.6 Å². The topological polar surface area (TPSA) is 66.8 Å². The molecule has 5 heteroatoms. The molecule has 0 saturated carbocycles. The molecule has 5 nitrogen and oxygen atoms in total. The quantitative estimate of drug-likeness (QED) is 0.476. The Morgan fingerprint density at radius 2 is 2.31 bits per heavy atom. The molecule has 72 valence electrons.